The Morgan fingerprint density at radius 1 is 1.10 bits per heavy atom. The maximum absolute atomic E-state index is 13.3. The Morgan fingerprint density at radius 2 is 1.79 bits per heavy atom. The first-order valence-corrected chi connectivity index (χ1v) is 9.40. The fourth-order valence-corrected chi connectivity index (χ4v) is 3.18. The molecule has 29 heavy (non-hydrogen) atoms. The SMILES string of the molecule is CC(Oc1ccc(F)c(F)c1)C(=O)NCC(c1ccc(F)cc1)N1CCOCC1. The minimum atomic E-state index is -1.04. The van der Waals surface area contributed by atoms with Crippen molar-refractivity contribution in [3.05, 3.63) is 65.5 Å². The van der Waals surface area contributed by atoms with Crippen LogP contribution in [-0.2, 0) is 9.53 Å². The van der Waals surface area contributed by atoms with Crippen molar-refractivity contribution < 1.29 is 27.4 Å². The molecule has 0 bridgehead atoms. The van der Waals surface area contributed by atoms with Gasteiger partial charge in [0.15, 0.2) is 17.7 Å². The number of carbonyl (C=O) groups is 1. The van der Waals surface area contributed by atoms with Gasteiger partial charge >= 0.3 is 0 Å². The summed E-state index contributed by atoms with van der Waals surface area (Å²) in [7, 11) is 0. The van der Waals surface area contributed by atoms with Crippen LogP contribution in [0.1, 0.15) is 18.5 Å². The topological polar surface area (TPSA) is 50.8 Å². The number of amides is 1. The van der Waals surface area contributed by atoms with Crippen molar-refractivity contribution in [3.63, 3.8) is 0 Å². The molecule has 2 aromatic carbocycles. The molecule has 2 unspecified atom stereocenters. The van der Waals surface area contributed by atoms with Crippen LogP contribution in [0.3, 0.4) is 0 Å². The molecule has 0 spiro atoms. The summed E-state index contributed by atoms with van der Waals surface area (Å²) in [5.41, 5.74) is 0.878. The molecule has 5 nitrogen and oxygen atoms in total. The van der Waals surface area contributed by atoms with Gasteiger partial charge < -0.3 is 14.8 Å². The number of rotatable bonds is 7. The number of halogens is 3. The molecule has 0 radical (unpaired) electrons. The van der Waals surface area contributed by atoms with Crippen LogP contribution < -0.4 is 10.1 Å². The fourth-order valence-electron chi connectivity index (χ4n) is 3.18. The van der Waals surface area contributed by atoms with Gasteiger partial charge in [0.25, 0.3) is 5.91 Å². The zero-order chi connectivity index (χ0) is 20.8. The predicted octanol–water partition coefficient (Wildman–Crippen LogP) is 3.06. The third kappa shape index (κ3) is 5.71. The smallest absolute Gasteiger partial charge is 0.260 e. The van der Waals surface area contributed by atoms with Crippen LogP contribution in [0.25, 0.3) is 0 Å². The number of nitrogens with zero attached hydrogens (tertiary/aromatic N) is 1. The molecule has 0 aliphatic carbocycles. The molecule has 0 saturated carbocycles. The third-order valence-corrected chi connectivity index (χ3v) is 4.78. The highest BCUT2D eigenvalue weighted by Gasteiger charge is 2.24. The average Bonchev–Trinajstić information content (AvgIpc) is 2.72. The Labute approximate surface area is 167 Å². The van der Waals surface area contributed by atoms with Crippen molar-refractivity contribution in [1.82, 2.24) is 10.2 Å². The van der Waals surface area contributed by atoms with Crippen LogP contribution in [0.5, 0.6) is 5.75 Å². The highest BCUT2D eigenvalue weighted by atomic mass is 19.2. The van der Waals surface area contributed by atoms with E-state index in [0.29, 0.717) is 26.3 Å². The molecule has 1 aliphatic heterocycles. The van der Waals surface area contributed by atoms with E-state index in [-0.39, 0.29) is 24.2 Å². The maximum atomic E-state index is 13.3. The van der Waals surface area contributed by atoms with Crippen molar-refractivity contribution in [2.24, 2.45) is 0 Å². The molecule has 1 N–H and O–H groups in total. The molecule has 1 amide bonds. The second-order valence-electron chi connectivity index (χ2n) is 6.80. The van der Waals surface area contributed by atoms with Crippen LogP contribution in [0.4, 0.5) is 13.2 Å². The molecule has 2 atom stereocenters. The average molecular weight is 408 g/mol. The minimum Gasteiger partial charge on any atom is -0.481 e. The number of benzene rings is 2. The summed E-state index contributed by atoms with van der Waals surface area (Å²) < 4.78 is 50.4. The molecule has 8 heteroatoms. The number of carbonyl (C=O) groups excluding carboxylic acids is 1. The van der Waals surface area contributed by atoms with E-state index in [1.54, 1.807) is 12.1 Å². The van der Waals surface area contributed by atoms with Gasteiger partial charge in [0.1, 0.15) is 11.6 Å². The first-order valence-electron chi connectivity index (χ1n) is 9.40. The second kappa shape index (κ2) is 9.76. The lowest BCUT2D eigenvalue weighted by atomic mass is 10.0. The monoisotopic (exact) mass is 408 g/mol. The van der Waals surface area contributed by atoms with E-state index < -0.39 is 23.6 Å². The van der Waals surface area contributed by atoms with E-state index in [2.05, 4.69) is 10.2 Å². The maximum Gasteiger partial charge on any atom is 0.260 e. The van der Waals surface area contributed by atoms with E-state index in [0.717, 1.165) is 17.7 Å². The van der Waals surface area contributed by atoms with Crippen molar-refractivity contribution in [2.45, 2.75) is 19.1 Å². The Balaban J connectivity index is 1.63. The highest BCUT2D eigenvalue weighted by molar-refractivity contribution is 5.80. The summed E-state index contributed by atoms with van der Waals surface area (Å²) in [6, 6.07) is 9.12. The van der Waals surface area contributed by atoms with Crippen LogP contribution in [0, 0.1) is 17.5 Å². The van der Waals surface area contributed by atoms with Crippen LogP contribution >= 0.6 is 0 Å². The minimum absolute atomic E-state index is 0.0646. The van der Waals surface area contributed by atoms with Gasteiger partial charge in [-0.1, -0.05) is 12.1 Å². The molecule has 1 heterocycles. The molecule has 2 aromatic rings. The molecule has 1 aliphatic rings. The summed E-state index contributed by atoms with van der Waals surface area (Å²) in [6.45, 7) is 4.37. The van der Waals surface area contributed by atoms with Gasteiger partial charge in [0.05, 0.1) is 19.3 Å². The molecule has 0 aromatic heterocycles. The van der Waals surface area contributed by atoms with Gasteiger partial charge in [-0.3, -0.25) is 9.69 Å². The van der Waals surface area contributed by atoms with E-state index >= 15 is 0 Å². The van der Waals surface area contributed by atoms with E-state index in [1.165, 1.54) is 25.1 Å². The Bertz CT molecular complexity index is 826. The number of hydrogen-bond donors (Lipinski definition) is 1. The van der Waals surface area contributed by atoms with Gasteiger partial charge in [0, 0.05) is 25.7 Å². The first kappa shape index (κ1) is 21.1. The fraction of sp³-hybridized carbons (Fsp3) is 0.381. The summed E-state index contributed by atoms with van der Waals surface area (Å²) in [5.74, 6) is -2.68. The molecule has 156 valence electrons. The molecular weight excluding hydrogens is 385 g/mol. The van der Waals surface area contributed by atoms with Crippen molar-refractivity contribution in [3.8, 4) is 5.75 Å². The van der Waals surface area contributed by atoms with Crippen LogP contribution in [-0.4, -0.2) is 49.8 Å². The number of nitrogens with one attached hydrogen (secondary N) is 1. The zero-order valence-corrected chi connectivity index (χ0v) is 16.0. The summed E-state index contributed by atoms with van der Waals surface area (Å²) in [6.07, 6.45) is -0.904. The Kier molecular flexibility index (Phi) is 7.11. The van der Waals surface area contributed by atoms with Crippen LogP contribution in [0.2, 0.25) is 0 Å². The number of morpholine rings is 1. The second-order valence-corrected chi connectivity index (χ2v) is 6.80. The van der Waals surface area contributed by atoms with Gasteiger partial charge in [-0.2, -0.15) is 0 Å². The number of hydrogen-bond acceptors (Lipinski definition) is 4. The largest absolute Gasteiger partial charge is 0.481 e. The zero-order valence-electron chi connectivity index (χ0n) is 16.0. The summed E-state index contributed by atoms with van der Waals surface area (Å²) in [4.78, 5) is 14.6. The lowest BCUT2D eigenvalue weighted by Crippen LogP contribution is -2.45. The lowest BCUT2D eigenvalue weighted by Gasteiger charge is -2.35. The van der Waals surface area contributed by atoms with Crippen molar-refractivity contribution in [2.75, 3.05) is 32.8 Å². The third-order valence-electron chi connectivity index (χ3n) is 4.78. The summed E-state index contributed by atoms with van der Waals surface area (Å²) in [5, 5.41) is 2.83. The predicted molar refractivity (Wildman–Crippen MR) is 101 cm³/mol. The molecular formula is C21H23F3N2O3. The molecule has 3 rings (SSSR count). The van der Waals surface area contributed by atoms with Crippen molar-refractivity contribution >= 4 is 5.91 Å². The first-order chi connectivity index (χ1) is 13.9. The van der Waals surface area contributed by atoms with Gasteiger partial charge in [0.2, 0.25) is 0 Å². The summed E-state index contributed by atoms with van der Waals surface area (Å²) >= 11 is 0. The molecule has 1 saturated heterocycles. The molecule has 1 fully saturated rings. The number of ether oxygens (including phenoxy) is 2. The van der Waals surface area contributed by atoms with Gasteiger partial charge in [-0.15, -0.1) is 0 Å². The standard InChI is InChI=1S/C21H23F3N2O3/c1-14(29-17-6-7-18(23)19(24)12-17)21(27)25-13-20(26-8-10-28-11-9-26)15-2-4-16(22)5-3-15/h2-7,12,14,20H,8-11,13H2,1H3,(H,25,27). The van der Waals surface area contributed by atoms with E-state index in [9.17, 15) is 18.0 Å². The van der Waals surface area contributed by atoms with Gasteiger partial charge in [-0.05, 0) is 36.8 Å². The lowest BCUT2D eigenvalue weighted by molar-refractivity contribution is -0.127. The van der Waals surface area contributed by atoms with Gasteiger partial charge in [-0.25, -0.2) is 13.2 Å². The Morgan fingerprint density at radius 3 is 2.45 bits per heavy atom. The normalized spacial score (nSPS) is 16.8. The highest BCUT2D eigenvalue weighted by Crippen LogP contribution is 2.22. The van der Waals surface area contributed by atoms with Crippen molar-refractivity contribution in [1.29, 1.82) is 0 Å². The Hall–Kier alpha value is -2.58. The van der Waals surface area contributed by atoms with E-state index in [4.69, 9.17) is 9.47 Å². The van der Waals surface area contributed by atoms with E-state index in [1.807, 2.05) is 0 Å². The quantitative estimate of drug-likeness (QED) is 0.765. The van der Waals surface area contributed by atoms with Crippen LogP contribution in [0.15, 0.2) is 42.5 Å².